The molecule has 3 aliphatic rings. The van der Waals surface area contributed by atoms with E-state index in [0.717, 1.165) is 0 Å². The van der Waals surface area contributed by atoms with Gasteiger partial charge >= 0.3 is 6.09 Å². The van der Waals surface area contributed by atoms with Crippen LogP contribution < -0.4 is 21.3 Å². The fraction of sp³-hybridized carbons (Fsp3) is 0.500. The van der Waals surface area contributed by atoms with Crippen molar-refractivity contribution in [3.05, 3.63) is 17.2 Å². The highest BCUT2D eigenvalue weighted by Gasteiger charge is 2.69. The molecule has 2 fully saturated rings. The van der Waals surface area contributed by atoms with E-state index in [4.69, 9.17) is 10.8 Å². The Morgan fingerprint density at radius 1 is 1.10 bits per heavy atom. The van der Waals surface area contributed by atoms with Gasteiger partial charge in [0.2, 0.25) is 11.8 Å². The number of benzene rings is 1. The molecule has 0 aliphatic heterocycles. The van der Waals surface area contributed by atoms with Crippen LogP contribution in [0.25, 0.3) is 0 Å². The van der Waals surface area contributed by atoms with Crippen LogP contribution >= 0.6 is 0 Å². The summed E-state index contributed by atoms with van der Waals surface area (Å²) in [7, 11) is 6.30. The molecule has 3 amide bonds. The lowest BCUT2D eigenvalue weighted by Gasteiger charge is -2.52. The SMILES string of the molecule is CN(C)c1cc(NC(=O)CNC(=O)O)c(O)c2c1CC1CC3[C@H](N(C)C)C(=O)C(C(N)=O)C(=O)[C@@]3(O)C(=O)C1C2=O. The Balaban J connectivity index is 1.83. The van der Waals surface area contributed by atoms with Crippen molar-refractivity contribution in [2.75, 3.05) is 45.0 Å². The number of fused-ring (bicyclic) bond motifs is 3. The molecule has 3 aliphatic carbocycles. The third-order valence-corrected chi connectivity index (χ3v) is 8.19. The highest BCUT2D eigenvalue weighted by molar-refractivity contribution is 6.32. The minimum absolute atomic E-state index is 0.0434. The molecule has 0 heterocycles. The number of hydrogen-bond acceptors (Lipinski definition) is 11. The van der Waals surface area contributed by atoms with Gasteiger partial charge in [-0.25, -0.2) is 4.79 Å². The van der Waals surface area contributed by atoms with E-state index < -0.39 is 88.6 Å². The molecule has 1 aromatic rings. The summed E-state index contributed by atoms with van der Waals surface area (Å²) in [6, 6.07) is 0.185. The standard InChI is InChI=1S/C26H31N5O10/c1-30(2)13-7-12(29-14(32)8-28-25(39)40)19(33)16-10(13)5-9-6-11-18(31(3)4)21(35)17(24(27)38)23(37)26(11,41)22(36)15(9)20(16)34/h7,9,11,15,17-18,28,33,41H,5-6,8H2,1-4H3,(H2,27,38)(H,29,32)(H,39,40)/t9?,11?,15?,17?,18-,26-/m0/s1. The van der Waals surface area contributed by atoms with Gasteiger partial charge in [-0.05, 0) is 44.5 Å². The number of carbonyl (C=O) groups is 7. The predicted molar refractivity (Wildman–Crippen MR) is 140 cm³/mol. The number of nitrogens with one attached hydrogen (secondary N) is 2. The van der Waals surface area contributed by atoms with E-state index in [2.05, 4.69) is 5.32 Å². The maximum Gasteiger partial charge on any atom is 0.405 e. The first-order chi connectivity index (χ1) is 19.0. The van der Waals surface area contributed by atoms with Crippen molar-refractivity contribution in [1.29, 1.82) is 0 Å². The molecule has 0 bridgehead atoms. The Kier molecular flexibility index (Phi) is 7.39. The number of phenolic OH excluding ortho intramolecular Hbond substituents is 1. The molecule has 7 N–H and O–H groups in total. The minimum atomic E-state index is -2.86. The van der Waals surface area contributed by atoms with Gasteiger partial charge in [0.05, 0.1) is 23.2 Å². The zero-order valence-electron chi connectivity index (χ0n) is 22.8. The van der Waals surface area contributed by atoms with Crippen LogP contribution in [0.5, 0.6) is 5.75 Å². The highest BCUT2D eigenvalue weighted by Crippen LogP contribution is 2.52. The van der Waals surface area contributed by atoms with Crippen LogP contribution in [0.3, 0.4) is 0 Å². The van der Waals surface area contributed by atoms with Crippen LogP contribution in [0.4, 0.5) is 16.2 Å². The largest absolute Gasteiger partial charge is 0.505 e. The summed E-state index contributed by atoms with van der Waals surface area (Å²) >= 11 is 0. The number of Topliss-reactive ketones (excluding diaryl/α,β-unsaturated/α-hetero) is 4. The minimum Gasteiger partial charge on any atom is -0.505 e. The smallest absolute Gasteiger partial charge is 0.405 e. The number of carbonyl (C=O) groups excluding carboxylic acids is 6. The third kappa shape index (κ3) is 4.50. The molecule has 0 spiro atoms. The fourth-order valence-electron chi connectivity index (χ4n) is 6.50. The lowest BCUT2D eigenvalue weighted by atomic mass is 9.52. The summed E-state index contributed by atoms with van der Waals surface area (Å²) in [5.74, 6) is -12.8. The van der Waals surface area contributed by atoms with E-state index in [1.807, 2.05) is 5.32 Å². The van der Waals surface area contributed by atoms with E-state index >= 15 is 0 Å². The van der Waals surface area contributed by atoms with Crippen LogP contribution in [0.2, 0.25) is 0 Å². The van der Waals surface area contributed by atoms with Crippen LogP contribution in [0, 0.1) is 23.7 Å². The maximum absolute atomic E-state index is 13.9. The summed E-state index contributed by atoms with van der Waals surface area (Å²) in [5, 5.41) is 35.7. The molecule has 0 saturated heterocycles. The van der Waals surface area contributed by atoms with Gasteiger partial charge in [0.25, 0.3) is 0 Å². The number of ketones is 4. The van der Waals surface area contributed by atoms with Gasteiger partial charge in [-0.15, -0.1) is 0 Å². The number of amides is 3. The Bertz CT molecular complexity index is 1410. The second-order valence-corrected chi connectivity index (χ2v) is 11.0. The second kappa shape index (κ2) is 10.2. The first-order valence-electron chi connectivity index (χ1n) is 12.7. The molecule has 4 rings (SSSR count). The fourth-order valence-corrected chi connectivity index (χ4v) is 6.50. The zero-order valence-corrected chi connectivity index (χ0v) is 22.8. The molecule has 0 radical (unpaired) electrons. The Morgan fingerprint density at radius 3 is 2.27 bits per heavy atom. The van der Waals surface area contributed by atoms with E-state index in [-0.39, 0.29) is 24.1 Å². The van der Waals surface area contributed by atoms with Crippen LogP contribution in [-0.2, 0) is 30.4 Å². The summed E-state index contributed by atoms with van der Waals surface area (Å²) in [6.45, 7) is -0.649. The molecular formula is C26H31N5O10. The lowest BCUT2D eigenvalue weighted by Crippen LogP contribution is -2.74. The third-order valence-electron chi connectivity index (χ3n) is 8.19. The monoisotopic (exact) mass is 573 g/mol. The average Bonchev–Trinajstić information content (AvgIpc) is 2.85. The number of phenols is 1. The number of anilines is 2. The number of hydrogen-bond donors (Lipinski definition) is 6. The van der Waals surface area contributed by atoms with E-state index in [9.17, 15) is 43.8 Å². The van der Waals surface area contributed by atoms with Crippen molar-refractivity contribution in [1.82, 2.24) is 10.2 Å². The molecule has 2 saturated carbocycles. The van der Waals surface area contributed by atoms with Gasteiger partial charge < -0.3 is 36.6 Å². The number of carboxylic acid groups (broad SMARTS) is 1. The summed E-state index contributed by atoms with van der Waals surface area (Å²) in [6.07, 6.45) is -1.51. The van der Waals surface area contributed by atoms with Crippen molar-refractivity contribution in [3.63, 3.8) is 0 Å². The van der Waals surface area contributed by atoms with Crippen molar-refractivity contribution < 1.29 is 48.9 Å². The molecule has 1 aromatic carbocycles. The Hall–Kier alpha value is -4.37. The maximum atomic E-state index is 13.9. The van der Waals surface area contributed by atoms with E-state index in [1.165, 1.54) is 25.1 Å². The van der Waals surface area contributed by atoms with Crippen LogP contribution in [0.15, 0.2) is 6.07 Å². The number of nitrogens with zero attached hydrogens (tertiary/aromatic N) is 2. The molecule has 41 heavy (non-hydrogen) atoms. The summed E-state index contributed by atoms with van der Waals surface area (Å²) < 4.78 is 0. The predicted octanol–water partition coefficient (Wildman–Crippen LogP) is -1.86. The Morgan fingerprint density at radius 2 is 1.73 bits per heavy atom. The number of aliphatic hydroxyl groups is 1. The van der Waals surface area contributed by atoms with Crippen molar-refractivity contribution in [3.8, 4) is 5.75 Å². The van der Waals surface area contributed by atoms with Crippen LogP contribution in [0.1, 0.15) is 22.3 Å². The van der Waals surface area contributed by atoms with Gasteiger partial charge in [0.15, 0.2) is 34.7 Å². The molecule has 15 heteroatoms. The van der Waals surface area contributed by atoms with Gasteiger partial charge in [-0.3, -0.25) is 33.7 Å². The molecule has 15 nitrogen and oxygen atoms in total. The van der Waals surface area contributed by atoms with E-state index in [0.29, 0.717) is 11.3 Å². The van der Waals surface area contributed by atoms with Crippen molar-refractivity contribution in [2.45, 2.75) is 24.5 Å². The topological polar surface area (TPSA) is 237 Å². The molecule has 0 aromatic heterocycles. The normalized spacial score (nSPS) is 28.9. The van der Waals surface area contributed by atoms with Gasteiger partial charge in [0.1, 0.15) is 12.3 Å². The Labute approximate surface area is 233 Å². The van der Waals surface area contributed by atoms with E-state index in [1.54, 1.807) is 19.0 Å². The molecular weight excluding hydrogens is 542 g/mol. The molecule has 6 atom stereocenters. The van der Waals surface area contributed by atoms with Gasteiger partial charge in [-0.2, -0.15) is 0 Å². The first-order valence-corrected chi connectivity index (χ1v) is 12.7. The lowest BCUT2D eigenvalue weighted by molar-refractivity contribution is -0.181. The number of likely N-dealkylation sites (N-methyl/N-ethyl adjacent to an activating group) is 1. The second-order valence-electron chi connectivity index (χ2n) is 11.0. The number of aromatic hydroxyl groups is 1. The quantitative estimate of drug-likeness (QED) is 0.162. The van der Waals surface area contributed by atoms with Gasteiger partial charge in [-0.1, -0.05) is 0 Å². The molecule has 4 unspecified atom stereocenters. The average molecular weight is 574 g/mol. The van der Waals surface area contributed by atoms with Crippen molar-refractivity contribution in [2.24, 2.45) is 29.4 Å². The zero-order chi connectivity index (χ0) is 30.7. The van der Waals surface area contributed by atoms with Crippen molar-refractivity contribution >= 4 is 52.4 Å². The number of rotatable bonds is 6. The first kappa shape index (κ1) is 29.6. The molecule has 220 valence electrons. The van der Waals surface area contributed by atoms with Crippen LogP contribution in [-0.4, -0.2) is 108 Å². The summed E-state index contributed by atoms with van der Waals surface area (Å²) in [4.78, 5) is 92.5. The highest BCUT2D eigenvalue weighted by atomic mass is 16.4. The number of nitrogens with two attached hydrogens (primary N) is 1. The van der Waals surface area contributed by atoms with Gasteiger partial charge in [0, 0.05) is 25.7 Å². The summed E-state index contributed by atoms with van der Waals surface area (Å²) in [5.41, 5.74) is 2.70. The number of primary amides is 1.